The molecule has 1 aliphatic carbocycles. The largest absolute Gasteiger partial charge is 0.491 e. The van der Waals surface area contributed by atoms with E-state index in [4.69, 9.17) is 9.47 Å². The highest BCUT2D eigenvalue weighted by Gasteiger charge is 2.29. The maximum atomic E-state index is 5.89. The number of rotatable bonds is 7. The first kappa shape index (κ1) is 15.8. The van der Waals surface area contributed by atoms with E-state index in [-0.39, 0.29) is 0 Å². The number of ether oxygens (including phenoxy) is 2. The van der Waals surface area contributed by atoms with Crippen LogP contribution < -0.4 is 4.74 Å². The minimum atomic E-state index is 0.350. The van der Waals surface area contributed by atoms with Gasteiger partial charge in [0.1, 0.15) is 12.4 Å². The molecule has 0 amide bonds. The molecule has 2 rings (SSSR count). The molecule has 3 heteroatoms. The Hall–Kier alpha value is -0.540. The molecule has 0 saturated heterocycles. The van der Waals surface area contributed by atoms with Gasteiger partial charge in [-0.3, -0.25) is 0 Å². The molecule has 0 atom stereocenters. The Morgan fingerprint density at radius 1 is 0.950 bits per heavy atom. The summed E-state index contributed by atoms with van der Waals surface area (Å²) < 4.78 is 11.5. The highest BCUT2D eigenvalue weighted by Crippen LogP contribution is 2.36. The van der Waals surface area contributed by atoms with Crippen LogP contribution in [0.4, 0.5) is 0 Å². The van der Waals surface area contributed by atoms with Crippen LogP contribution in [0, 0.1) is 5.41 Å². The molecule has 0 aliphatic heterocycles. The third-order valence-electron chi connectivity index (χ3n) is 4.10. The van der Waals surface area contributed by atoms with Crippen molar-refractivity contribution in [1.82, 2.24) is 0 Å². The number of alkyl halides is 1. The Morgan fingerprint density at radius 3 is 2.30 bits per heavy atom. The fraction of sp³-hybridized carbons (Fsp3) is 0.647. The molecule has 112 valence electrons. The van der Waals surface area contributed by atoms with E-state index in [0.717, 1.165) is 17.7 Å². The Balaban J connectivity index is 1.66. The smallest absolute Gasteiger partial charge is 0.119 e. The van der Waals surface area contributed by atoms with Gasteiger partial charge in [0.05, 0.1) is 13.2 Å². The van der Waals surface area contributed by atoms with Gasteiger partial charge < -0.3 is 9.47 Å². The second-order valence-corrected chi connectivity index (χ2v) is 6.32. The van der Waals surface area contributed by atoms with Crippen LogP contribution in [-0.2, 0) is 4.74 Å². The van der Waals surface area contributed by atoms with Crippen molar-refractivity contribution >= 4 is 15.9 Å². The van der Waals surface area contributed by atoms with Gasteiger partial charge in [0.25, 0.3) is 0 Å². The van der Waals surface area contributed by atoms with E-state index in [1.165, 1.54) is 38.5 Å². The van der Waals surface area contributed by atoms with Gasteiger partial charge in [-0.05, 0) is 25.0 Å². The SMILES string of the molecule is BrCC1(COCCOc2ccccc2)CCCCCC1. The Morgan fingerprint density at radius 2 is 1.65 bits per heavy atom. The molecular formula is C17H25BrO2. The topological polar surface area (TPSA) is 18.5 Å². The lowest BCUT2D eigenvalue weighted by Crippen LogP contribution is -2.29. The molecule has 1 fully saturated rings. The number of benzene rings is 1. The lowest BCUT2D eigenvalue weighted by atomic mass is 9.83. The molecule has 0 bridgehead atoms. The van der Waals surface area contributed by atoms with E-state index in [1.807, 2.05) is 30.3 Å². The number of halogens is 1. The van der Waals surface area contributed by atoms with Crippen molar-refractivity contribution in [2.45, 2.75) is 38.5 Å². The minimum Gasteiger partial charge on any atom is -0.491 e. The van der Waals surface area contributed by atoms with Crippen LogP contribution >= 0.6 is 15.9 Å². The number of hydrogen-bond donors (Lipinski definition) is 0. The number of hydrogen-bond acceptors (Lipinski definition) is 2. The van der Waals surface area contributed by atoms with Crippen LogP contribution in [0.25, 0.3) is 0 Å². The summed E-state index contributed by atoms with van der Waals surface area (Å²) in [5.41, 5.74) is 0.350. The minimum absolute atomic E-state index is 0.350. The molecule has 0 radical (unpaired) electrons. The van der Waals surface area contributed by atoms with Crippen molar-refractivity contribution in [3.63, 3.8) is 0 Å². The van der Waals surface area contributed by atoms with Gasteiger partial charge in [-0.25, -0.2) is 0 Å². The van der Waals surface area contributed by atoms with Crippen LogP contribution in [0.15, 0.2) is 30.3 Å². The van der Waals surface area contributed by atoms with Crippen LogP contribution in [0.3, 0.4) is 0 Å². The zero-order valence-corrected chi connectivity index (χ0v) is 13.7. The molecule has 0 N–H and O–H groups in total. The summed E-state index contributed by atoms with van der Waals surface area (Å²) in [5, 5.41) is 1.06. The molecule has 0 unspecified atom stereocenters. The van der Waals surface area contributed by atoms with Crippen molar-refractivity contribution < 1.29 is 9.47 Å². The van der Waals surface area contributed by atoms with E-state index in [2.05, 4.69) is 15.9 Å². The zero-order valence-electron chi connectivity index (χ0n) is 12.2. The molecule has 1 aliphatic rings. The normalized spacial score (nSPS) is 18.4. The molecular weight excluding hydrogens is 316 g/mol. The van der Waals surface area contributed by atoms with Gasteiger partial charge in [-0.15, -0.1) is 0 Å². The van der Waals surface area contributed by atoms with Gasteiger partial charge in [-0.1, -0.05) is 59.8 Å². The summed E-state index contributed by atoms with van der Waals surface area (Å²) >= 11 is 3.70. The molecule has 0 aromatic heterocycles. The third-order valence-corrected chi connectivity index (χ3v) is 5.29. The summed E-state index contributed by atoms with van der Waals surface area (Å²) in [6.07, 6.45) is 8.03. The van der Waals surface area contributed by atoms with Gasteiger partial charge in [0.15, 0.2) is 0 Å². The summed E-state index contributed by atoms with van der Waals surface area (Å²) in [7, 11) is 0. The van der Waals surface area contributed by atoms with E-state index in [0.29, 0.717) is 18.6 Å². The average Bonchev–Trinajstić information content (AvgIpc) is 2.74. The zero-order chi connectivity index (χ0) is 14.1. The van der Waals surface area contributed by atoms with E-state index >= 15 is 0 Å². The average molecular weight is 341 g/mol. The molecule has 2 nitrogen and oxygen atoms in total. The summed E-state index contributed by atoms with van der Waals surface area (Å²) in [6.45, 7) is 2.16. The van der Waals surface area contributed by atoms with Gasteiger partial charge in [0.2, 0.25) is 0 Å². The fourth-order valence-corrected chi connectivity index (χ4v) is 3.54. The van der Waals surface area contributed by atoms with Crippen molar-refractivity contribution in [3.8, 4) is 5.75 Å². The summed E-state index contributed by atoms with van der Waals surface area (Å²) in [5.74, 6) is 0.917. The van der Waals surface area contributed by atoms with Crippen molar-refractivity contribution in [3.05, 3.63) is 30.3 Å². The van der Waals surface area contributed by atoms with Gasteiger partial charge in [0, 0.05) is 10.7 Å². The Kier molecular flexibility index (Phi) is 6.88. The van der Waals surface area contributed by atoms with Crippen LogP contribution in [-0.4, -0.2) is 25.2 Å². The Bertz CT molecular complexity index is 359. The second kappa shape index (κ2) is 8.68. The predicted molar refractivity (Wildman–Crippen MR) is 86.7 cm³/mol. The van der Waals surface area contributed by atoms with E-state index < -0.39 is 0 Å². The summed E-state index contributed by atoms with van der Waals surface area (Å²) in [6, 6.07) is 9.93. The number of para-hydroxylation sites is 1. The van der Waals surface area contributed by atoms with Crippen molar-refractivity contribution in [2.75, 3.05) is 25.2 Å². The summed E-state index contributed by atoms with van der Waals surface area (Å²) in [4.78, 5) is 0. The van der Waals surface area contributed by atoms with Crippen molar-refractivity contribution in [2.24, 2.45) is 5.41 Å². The van der Waals surface area contributed by atoms with Crippen LogP contribution in [0.2, 0.25) is 0 Å². The highest BCUT2D eigenvalue weighted by atomic mass is 79.9. The maximum Gasteiger partial charge on any atom is 0.119 e. The molecule has 20 heavy (non-hydrogen) atoms. The fourth-order valence-electron chi connectivity index (χ4n) is 2.82. The molecule has 1 aromatic carbocycles. The molecule has 0 heterocycles. The lowest BCUT2D eigenvalue weighted by Gasteiger charge is -2.30. The quantitative estimate of drug-likeness (QED) is 0.402. The molecule has 1 saturated carbocycles. The van der Waals surface area contributed by atoms with Crippen molar-refractivity contribution in [1.29, 1.82) is 0 Å². The standard InChI is InChI=1S/C17H25BrO2/c18-14-17(10-6-1-2-7-11-17)15-19-12-13-20-16-8-4-3-5-9-16/h3-5,8-9H,1-2,6-7,10-15H2. The van der Waals surface area contributed by atoms with Crippen LogP contribution in [0.5, 0.6) is 5.75 Å². The lowest BCUT2D eigenvalue weighted by molar-refractivity contribution is 0.0321. The van der Waals surface area contributed by atoms with Gasteiger partial charge >= 0.3 is 0 Å². The van der Waals surface area contributed by atoms with Crippen LogP contribution in [0.1, 0.15) is 38.5 Å². The first-order chi connectivity index (χ1) is 9.85. The highest BCUT2D eigenvalue weighted by molar-refractivity contribution is 9.09. The maximum absolute atomic E-state index is 5.89. The molecule has 0 spiro atoms. The van der Waals surface area contributed by atoms with E-state index in [9.17, 15) is 0 Å². The first-order valence-electron chi connectivity index (χ1n) is 7.66. The monoisotopic (exact) mass is 340 g/mol. The second-order valence-electron chi connectivity index (χ2n) is 5.76. The van der Waals surface area contributed by atoms with E-state index in [1.54, 1.807) is 0 Å². The first-order valence-corrected chi connectivity index (χ1v) is 8.78. The molecule has 1 aromatic rings. The predicted octanol–water partition coefficient (Wildman–Crippen LogP) is 4.82. The van der Waals surface area contributed by atoms with Gasteiger partial charge in [-0.2, -0.15) is 0 Å². The Labute approximate surface area is 131 Å². The third kappa shape index (κ3) is 5.10.